The summed E-state index contributed by atoms with van der Waals surface area (Å²) < 4.78 is 0. The third-order valence-corrected chi connectivity index (χ3v) is 4.58. The molecule has 2 atom stereocenters. The van der Waals surface area contributed by atoms with E-state index >= 15 is 0 Å². The van der Waals surface area contributed by atoms with Crippen molar-refractivity contribution in [3.8, 4) is 0 Å². The highest BCUT2D eigenvalue weighted by Gasteiger charge is 2.30. The number of carboxylic acids is 1. The molecule has 3 nitrogen and oxygen atoms in total. The summed E-state index contributed by atoms with van der Waals surface area (Å²) >= 11 is 2.05. The van der Waals surface area contributed by atoms with Gasteiger partial charge in [-0.3, -0.25) is 4.79 Å². The summed E-state index contributed by atoms with van der Waals surface area (Å²) in [4.78, 5) is 10.8. The van der Waals surface area contributed by atoms with Gasteiger partial charge in [-0.15, -0.1) is 0 Å². The molecule has 0 aromatic carbocycles. The topological polar surface area (TPSA) is 49.3 Å². The highest BCUT2D eigenvalue weighted by atomic mass is 32.2. The largest absolute Gasteiger partial charge is 0.480 e. The Morgan fingerprint density at radius 3 is 2.67 bits per heavy atom. The predicted octanol–water partition coefficient (Wildman–Crippen LogP) is 1.58. The number of hydrogen-bond acceptors (Lipinski definition) is 3. The van der Waals surface area contributed by atoms with E-state index in [1.807, 2.05) is 0 Å². The van der Waals surface area contributed by atoms with E-state index in [9.17, 15) is 4.79 Å². The predicted molar refractivity (Wildman–Crippen MR) is 62.2 cm³/mol. The molecule has 0 bridgehead atoms. The molecular formula is C11H19NO2S. The SMILES string of the molecule is O=C(O)C1CC(CC2CCSCC2)CN1. The maximum atomic E-state index is 10.8. The summed E-state index contributed by atoms with van der Waals surface area (Å²) in [5.74, 6) is 3.36. The molecule has 0 aromatic heterocycles. The second-order valence-electron chi connectivity index (χ2n) is 4.69. The van der Waals surface area contributed by atoms with Crippen molar-refractivity contribution in [2.24, 2.45) is 11.8 Å². The summed E-state index contributed by atoms with van der Waals surface area (Å²) in [5.41, 5.74) is 0. The zero-order chi connectivity index (χ0) is 10.7. The molecule has 0 spiro atoms. The van der Waals surface area contributed by atoms with Crippen LogP contribution in [0.4, 0.5) is 0 Å². The first-order valence-electron chi connectivity index (χ1n) is 5.79. The van der Waals surface area contributed by atoms with Gasteiger partial charge in [0.15, 0.2) is 0 Å². The molecule has 2 saturated heterocycles. The highest BCUT2D eigenvalue weighted by molar-refractivity contribution is 7.99. The van der Waals surface area contributed by atoms with Gasteiger partial charge in [0, 0.05) is 0 Å². The molecule has 2 rings (SSSR count). The average molecular weight is 229 g/mol. The number of aliphatic carboxylic acids is 1. The fourth-order valence-corrected chi connectivity index (χ4v) is 3.83. The minimum absolute atomic E-state index is 0.284. The van der Waals surface area contributed by atoms with E-state index in [2.05, 4.69) is 17.1 Å². The van der Waals surface area contributed by atoms with E-state index in [-0.39, 0.29) is 6.04 Å². The van der Waals surface area contributed by atoms with Crippen LogP contribution in [0.1, 0.15) is 25.7 Å². The quantitative estimate of drug-likeness (QED) is 0.771. The number of thioether (sulfide) groups is 1. The summed E-state index contributed by atoms with van der Waals surface area (Å²) in [6, 6.07) is -0.284. The first-order valence-corrected chi connectivity index (χ1v) is 6.95. The van der Waals surface area contributed by atoms with Crippen molar-refractivity contribution in [3.05, 3.63) is 0 Å². The average Bonchev–Trinajstić information content (AvgIpc) is 2.68. The summed E-state index contributed by atoms with van der Waals surface area (Å²) in [5, 5.41) is 12.0. The molecule has 15 heavy (non-hydrogen) atoms. The smallest absolute Gasteiger partial charge is 0.320 e. The molecule has 4 heteroatoms. The summed E-state index contributed by atoms with van der Waals surface area (Å²) in [7, 11) is 0. The van der Waals surface area contributed by atoms with Crippen LogP contribution in [0.3, 0.4) is 0 Å². The van der Waals surface area contributed by atoms with Gasteiger partial charge in [-0.25, -0.2) is 0 Å². The van der Waals surface area contributed by atoms with Crippen LogP contribution in [0.25, 0.3) is 0 Å². The lowest BCUT2D eigenvalue weighted by Crippen LogP contribution is -2.29. The minimum atomic E-state index is -0.684. The van der Waals surface area contributed by atoms with Gasteiger partial charge < -0.3 is 10.4 Å². The minimum Gasteiger partial charge on any atom is -0.480 e. The van der Waals surface area contributed by atoms with Crippen LogP contribution in [0.15, 0.2) is 0 Å². The normalized spacial score (nSPS) is 33.1. The summed E-state index contributed by atoms with van der Waals surface area (Å²) in [6.45, 7) is 0.903. The molecule has 2 aliphatic rings. The molecule has 2 fully saturated rings. The van der Waals surface area contributed by atoms with Crippen LogP contribution in [0.2, 0.25) is 0 Å². The molecule has 0 radical (unpaired) electrons. The van der Waals surface area contributed by atoms with Crippen LogP contribution in [0.5, 0.6) is 0 Å². The van der Waals surface area contributed by atoms with E-state index in [0.717, 1.165) is 18.9 Å². The number of carbonyl (C=O) groups is 1. The van der Waals surface area contributed by atoms with Gasteiger partial charge in [0.25, 0.3) is 0 Å². The lowest BCUT2D eigenvalue weighted by atomic mass is 9.89. The number of hydrogen-bond donors (Lipinski definition) is 2. The Morgan fingerprint density at radius 1 is 1.33 bits per heavy atom. The van der Waals surface area contributed by atoms with Gasteiger partial charge in [0.1, 0.15) is 6.04 Å². The molecule has 0 saturated carbocycles. The van der Waals surface area contributed by atoms with E-state index < -0.39 is 5.97 Å². The molecule has 86 valence electrons. The lowest BCUT2D eigenvalue weighted by molar-refractivity contribution is -0.139. The van der Waals surface area contributed by atoms with Gasteiger partial charge in [0.2, 0.25) is 0 Å². The zero-order valence-electron chi connectivity index (χ0n) is 8.95. The van der Waals surface area contributed by atoms with E-state index in [4.69, 9.17) is 5.11 Å². The number of rotatable bonds is 3. The molecule has 2 unspecified atom stereocenters. The second-order valence-corrected chi connectivity index (χ2v) is 5.92. The van der Waals surface area contributed by atoms with Crippen molar-refractivity contribution >= 4 is 17.7 Å². The fraction of sp³-hybridized carbons (Fsp3) is 0.909. The lowest BCUT2D eigenvalue weighted by Gasteiger charge is -2.23. The number of carboxylic acid groups (broad SMARTS) is 1. The molecule has 2 N–H and O–H groups in total. The number of nitrogens with one attached hydrogen (secondary N) is 1. The maximum absolute atomic E-state index is 10.8. The molecule has 0 amide bonds. The van der Waals surface area contributed by atoms with E-state index in [1.54, 1.807) is 0 Å². The highest BCUT2D eigenvalue weighted by Crippen LogP contribution is 2.31. The molecule has 0 aromatic rings. The standard InChI is InChI=1S/C11H19NO2S/c13-11(14)10-6-9(7-12-10)5-8-1-3-15-4-2-8/h8-10,12H,1-7H2,(H,13,14). The van der Waals surface area contributed by atoms with E-state index in [1.165, 1.54) is 30.8 Å². The van der Waals surface area contributed by atoms with Gasteiger partial charge >= 0.3 is 5.97 Å². The first kappa shape index (κ1) is 11.3. The van der Waals surface area contributed by atoms with Crippen molar-refractivity contribution in [1.29, 1.82) is 0 Å². The molecular weight excluding hydrogens is 210 g/mol. The maximum Gasteiger partial charge on any atom is 0.320 e. The van der Waals surface area contributed by atoms with Gasteiger partial charge in [-0.1, -0.05) is 0 Å². The van der Waals surface area contributed by atoms with Crippen LogP contribution >= 0.6 is 11.8 Å². The first-order chi connectivity index (χ1) is 7.25. The Morgan fingerprint density at radius 2 is 2.07 bits per heavy atom. The Bertz CT molecular complexity index is 229. The molecule has 2 heterocycles. The van der Waals surface area contributed by atoms with Crippen molar-refractivity contribution < 1.29 is 9.90 Å². The Kier molecular flexibility index (Phi) is 3.92. The second kappa shape index (κ2) is 5.21. The monoisotopic (exact) mass is 229 g/mol. The van der Waals surface area contributed by atoms with E-state index in [0.29, 0.717) is 5.92 Å². The molecule has 0 aliphatic carbocycles. The van der Waals surface area contributed by atoms with Gasteiger partial charge in [0.05, 0.1) is 0 Å². The van der Waals surface area contributed by atoms with Crippen molar-refractivity contribution in [1.82, 2.24) is 5.32 Å². The van der Waals surface area contributed by atoms with Crippen molar-refractivity contribution in [2.75, 3.05) is 18.1 Å². The Hall–Kier alpha value is -0.220. The Balaban J connectivity index is 1.74. The van der Waals surface area contributed by atoms with Crippen LogP contribution < -0.4 is 5.32 Å². The molecule has 2 aliphatic heterocycles. The Labute approximate surface area is 95.0 Å². The van der Waals surface area contributed by atoms with Crippen molar-refractivity contribution in [2.45, 2.75) is 31.7 Å². The van der Waals surface area contributed by atoms with Gasteiger partial charge in [-0.2, -0.15) is 11.8 Å². The van der Waals surface area contributed by atoms with Gasteiger partial charge in [-0.05, 0) is 55.6 Å². The van der Waals surface area contributed by atoms with Crippen LogP contribution in [-0.4, -0.2) is 35.2 Å². The third-order valence-electron chi connectivity index (χ3n) is 3.53. The zero-order valence-corrected chi connectivity index (χ0v) is 9.76. The van der Waals surface area contributed by atoms with Crippen LogP contribution in [-0.2, 0) is 4.79 Å². The van der Waals surface area contributed by atoms with Crippen molar-refractivity contribution in [3.63, 3.8) is 0 Å². The summed E-state index contributed by atoms with van der Waals surface area (Å²) in [6.07, 6.45) is 4.73. The van der Waals surface area contributed by atoms with Crippen LogP contribution in [0, 0.1) is 11.8 Å². The third kappa shape index (κ3) is 3.11. The fourth-order valence-electron chi connectivity index (χ4n) is 2.63.